The Bertz CT molecular complexity index is 4290. The SMILES string of the molecule is CCC[C@H](C)Nc1ncc2c(C3CCN(C(=O)c4cc(C)cc(C)c4)CC3)cn(C3CCC(C(F)F)CC3)c2n1.CCC[C@H](C)Nc1ncc2c(C3CCN(C(=O)c4ccc(C)cc4)CC3)cn(C3CCC(O)CC3)c2n1.CCC[C@H](C)Nc1ncc2c(C3CCN(C4CCCCC4)CC3)cn(C3CCC(O)CC3)c2n1. The number of alkyl halides is 2. The van der Waals surface area contributed by atoms with Crippen LogP contribution in [0.3, 0.4) is 0 Å². The molecule has 9 heterocycles. The predicted octanol–water partition coefficient (Wildman–Crippen LogP) is 19.5. The van der Waals surface area contributed by atoms with Gasteiger partial charge in [-0.25, -0.2) is 23.7 Å². The van der Waals surface area contributed by atoms with Crippen LogP contribution in [-0.2, 0) is 0 Å². The average Bonchev–Trinajstić information content (AvgIpc) is 1.63. The minimum Gasteiger partial charge on any atom is -0.393 e. The molecule has 2 aromatic carbocycles. The first kappa shape index (κ1) is 81.4. The van der Waals surface area contributed by atoms with Crippen LogP contribution in [0.4, 0.5) is 26.6 Å². The second-order valence-electron chi connectivity index (χ2n) is 34.6. The zero-order valence-corrected chi connectivity index (χ0v) is 68.2. The van der Waals surface area contributed by atoms with E-state index in [-0.39, 0.29) is 36.1 Å². The van der Waals surface area contributed by atoms with Crippen LogP contribution in [0.1, 0.15) is 318 Å². The second-order valence-corrected chi connectivity index (χ2v) is 34.6. The molecule has 0 unspecified atom stereocenters. The number of carbonyl (C=O) groups is 2. The molecule has 4 aliphatic carbocycles. The van der Waals surface area contributed by atoms with Crippen molar-refractivity contribution in [2.45, 2.75) is 327 Å². The number of fused-ring (bicyclic) bond motifs is 3. The summed E-state index contributed by atoms with van der Waals surface area (Å²) in [6.07, 6.45) is 40.2. The summed E-state index contributed by atoms with van der Waals surface area (Å²) in [6, 6.07) is 16.6. The van der Waals surface area contributed by atoms with Gasteiger partial charge in [-0.1, -0.05) is 94.2 Å². The molecule has 602 valence electrons. The molecular weight excluding hydrogens is 1390 g/mol. The quantitative estimate of drug-likeness (QED) is 0.0427. The Labute approximate surface area is 658 Å². The van der Waals surface area contributed by atoms with Gasteiger partial charge in [0.15, 0.2) is 0 Å². The molecule has 15 rings (SSSR count). The highest BCUT2D eigenvalue weighted by Gasteiger charge is 2.36. The van der Waals surface area contributed by atoms with Crippen LogP contribution < -0.4 is 16.0 Å². The van der Waals surface area contributed by atoms with Gasteiger partial charge in [-0.15, -0.1) is 0 Å². The third kappa shape index (κ3) is 20.1. The Kier molecular flexibility index (Phi) is 27.9. The molecule has 0 radical (unpaired) electrons. The number of aromatic nitrogens is 9. The first-order chi connectivity index (χ1) is 53.8. The lowest BCUT2D eigenvalue weighted by Gasteiger charge is -2.39. The lowest BCUT2D eigenvalue weighted by molar-refractivity contribution is 0.0481. The van der Waals surface area contributed by atoms with Crippen molar-refractivity contribution >= 4 is 62.8 Å². The molecule has 21 heteroatoms. The Hall–Kier alpha value is -7.62. The predicted molar refractivity (Wildman–Crippen MR) is 444 cm³/mol. The number of aliphatic hydroxyl groups is 2. The van der Waals surface area contributed by atoms with Gasteiger partial charge < -0.3 is 54.6 Å². The van der Waals surface area contributed by atoms with E-state index in [0.29, 0.717) is 79.7 Å². The summed E-state index contributed by atoms with van der Waals surface area (Å²) >= 11 is 0. The molecule has 3 saturated heterocycles. The number of anilines is 3. The van der Waals surface area contributed by atoms with E-state index in [1.165, 1.54) is 85.7 Å². The summed E-state index contributed by atoms with van der Waals surface area (Å²) in [4.78, 5) is 62.2. The maximum absolute atomic E-state index is 13.4. The Balaban J connectivity index is 0.000000146. The number of halogens is 2. The maximum Gasteiger partial charge on any atom is 0.253 e. The van der Waals surface area contributed by atoms with Gasteiger partial charge in [-0.3, -0.25) is 9.59 Å². The molecule has 111 heavy (non-hydrogen) atoms. The summed E-state index contributed by atoms with van der Waals surface area (Å²) in [5, 5.41) is 34.0. The van der Waals surface area contributed by atoms with Crippen molar-refractivity contribution in [1.82, 2.24) is 58.3 Å². The van der Waals surface area contributed by atoms with Crippen LogP contribution in [0.15, 0.2) is 79.6 Å². The van der Waals surface area contributed by atoms with Crippen molar-refractivity contribution in [3.05, 3.63) is 124 Å². The Morgan fingerprint density at radius 3 is 1.14 bits per heavy atom. The molecule has 3 atom stereocenters. The van der Waals surface area contributed by atoms with Crippen molar-refractivity contribution in [2.75, 3.05) is 55.2 Å². The molecule has 3 aliphatic heterocycles. The molecule has 19 nitrogen and oxygen atoms in total. The van der Waals surface area contributed by atoms with Crippen LogP contribution in [-0.4, -0.2) is 162 Å². The van der Waals surface area contributed by atoms with E-state index < -0.39 is 12.3 Å². The van der Waals surface area contributed by atoms with Crippen molar-refractivity contribution in [3.8, 4) is 0 Å². The van der Waals surface area contributed by atoms with Crippen molar-refractivity contribution < 1.29 is 28.6 Å². The van der Waals surface area contributed by atoms with E-state index in [1.807, 2.05) is 79.4 Å². The highest BCUT2D eigenvalue weighted by molar-refractivity contribution is 5.95. The van der Waals surface area contributed by atoms with E-state index in [1.54, 1.807) is 0 Å². The molecular formula is C90H129F2N15O4. The minimum absolute atomic E-state index is 0.101. The first-order valence-corrected chi connectivity index (χ1v) is 43.3. The van der Waals surface area contributed by atoms with Gasteiger partial charge in [0.25, 0.3) is 11.8 Å². The minimum atomic E-state index is -2.24. The van der Waals surface area contributed by atoms with Gasteiger partial charge in [0, 0.05) is 139 Å². The third-order valence-electron chi connectivity index (χ3n) is 26.0. The molecule has 6 aromatic heterocycles. The summed E-state index contributed by atoms with van der Waals surface area (Å²) in [5.41, 5.74) is 11.9. The van der Waals surface area contributed by atoms with E-state index in [0.717, 1.165) is 203 Å². The van der Waals surface area contributed by atoms with Gasteiger partial charge in [0.2, 0.25) is 24.3 Å². The molecule has 7 fully saturated rings. The first-order valence-electron chi connectivity index (χ1n) is 43.3. The number of likely N-dealkylation sites (tertiary alicyclic amines) is 3. The number of rotatable bonds is 22. The van der Waals surface area contributed by atoms with Crippen molar-refractivity contribution in [3.63, 3.8) is 0 Å². The fraction of sp³-hybridized carbons (Fsp3) is 0.644. The number of benzene rings is 2. The number of hydrogen-bond donors (Lipinski definition) is 5. The zero-order valence-electron chi connectivity index (χ0n) is 68.2. The van der Waals surface area contributed by atoms with Gasteiger partial charge in [0.05, 0.1) is 12.2 Å². The van der Waals surface area contributed by atoms with Crippen LogP contribution >= 0.6 is 0 Å². The standard InChI is InChI=1S/C32H43F2N5O.C30H41N5O2.C28H45N5O/c1-5-6-22(4)36-32-35-18-27-28(19-39(30(27)37-32)26-9-7-24(8-10-26)29(33)34)23-11-13-38(14-12-23)31(40)25-16-20(2)15-21(3)17-25;1-4-5-21(3)32-30-31-18-26-27(19-35(28(26)33-30)24-10-12-25(36)13-11-24)22-14-16-34(17-15-22)29(37)23-8-6-20(2)7-9-23;1-3-7-20(2)30-28-29-18-25-26(19-33(27(25)31-28)23-10-12-24(34)13-11-23)21-14-16-32(17-15-21)22-8-5-4-6-9-22/h15-19,22-24,26,29H,5-14H2,1-4H3,(H,35,36,37);6-9,18-19,21-22,24-25,36H,4-5,10-17H2,1-3H3,(H,31,32,33);18-24,34H,3-17H2,1-2H3,(H,29,30,31)/t22-,24?,26?;21-,24?,25?;20-,23?,24?/m000/s1. The maximum atomic E-state index is 13.4. The summed E-state index contributed by atoms with van der Waals surface area (Å²) < 4.78 is 33.8. The van der Waals surface area contributed by atoms with Crippen molar-refractivity contribution in [2.24, 2.45) is 5.92 Å². The summed E-state index contributed by atoms with van der Waals surface area (Å²) in [7, 11) is 0. The topological polar surface area (TPSA) is 213 Å². The van der Waals surface area contributed by atoms with E-state index in [4.69, 9.17) is 24.9 Å². The second kappa shape index (κ2) is 38.0. The highest BCUT2D eigenvalue weighted by Crippen LogP contribution is 2.44. The number of amides is 2. The van der Waals surface area contributed by atoms with E-state index in [9.17, 15) is 28.6 Å². The van der Waals surface area contributed by atoms with E-state index in [2.05, 4.69) is 112 Å². The van der Waals surface area contributed by atoms with Crippen LogP contribution in [0.25, 0.3) is 33.1 Å². The summed E-state index contributed by atoms with van der Waals surface area (Å²) in [6.45, 7) is 24.6. The molecule has 0 spiro atoms. The number of nitrogens with one attached hydrogen (secondary N) is 3. The van der Waals surface area contributed by atoms with Crippen molar-refractivity contribution in [1.29, 1.82) is 0 Å². The average molecular weight is 1520 g/mol. The fourth-order valence-electron chi connectivity index (χ4n) is 19.6. The molecule has 8 aromatic rings. The molecule has 2 amide bonds. The van der Waals surface area contributed by atoms with Gasteiger partial charge in [0.1, 0.15) is 16.9 Å². The zero-order chi connectivity index (χ0) is 77.8. The lowest BCUT2D eigenvalue weighted by atomic mass is 9.86. The van der Waals surface area contributed by atoms with Crippen LogP contribution in [0.2, 0.25) is 0 Å². The normalized spacial score (nSPS) is 23.1. The van der Waals surface area contributed by atoms with Gasteiger partial charge >= 0.3 is 0 Å². The number of hydrogen-bond acceptors (Lipinski definition) is 14. The fourth-order valence-corrected chi connectivity index (χ4v) is 19.6. The smallest absolute Gasteiger partial charge is 0.253 e. The monoisotopic (exact) mass is 1520 g/mol. The Morgan fingerprint density at radius 1 is 0.432 bits per heavy atom. The van der Waals surface area contributed by atoms with Gasteiger partial charge in [-0.2, -0.15) is 15.0 Å². The third-order valence-corrected chi connectivity index (χ3v) is 26.0. The lowest BCUT2D eigenvalue weighted by Crippen LogP contribution is -2.41. The highest BCUT2D eigenvalue weighted by atomic mass is 19.3. The van der Waals surface area contributed by atoms with Gasteiger partial charge in [-0.05, 0) is 261 Å². The number of piperidine rings is 3. The number of aliphatic hydroxyl groups excluding tert-OH is 2. The molecule has 7 aliphatic rings. The van der Waals surface area contributed by atoms with Crippen LogP contribution in [0, 0.1) is 26.7 Å². The molecule has 5 N–H and O–H groups in total. The summed E-state index contributed by atoms with van der Waals surface area (Å²) in [5.74, 6) is 3.06. The number of nitrogens with zero attached hydrogens (tertiary/aromatic N) is 12. The number of aryl methyl sites for hydroxylation is 3. The van der Waals surface area contributed by atoms with Crippen LogP contribution in [0.5, 0.6) is 0 Å². The molecule has 0 bridgehead atoms. The Morgan fingerprint density at radius 2 is 0.784 bits per heavy atom. The largest absolute Gasteiger partial charge is 0.393 e. The number of carbonyl (C=O) groups excluding carboxylic acids is 2. The van der Waals surface area contributed by atoms with E-state index >= 15 is 0 Å². The molecule has 4 saturated carbocycles.